The first-order valence-corrected chi connectivity index (χ1v) is 6.35. The molecule has 0 radical (unpaired) electrons. The van der Waals surface area contributed by atoms with Crippen molar-refractivity contribution in [1.29, 1.82) is 0 Å². The van der Waals surface area contributed by atoms with Gasteiger partial charge in [-0.05, 0) is 26.9 Å². The topological polar surface area (TPSA) is 58.1 Å². The zero-order valence-electron chi connectivity index (χ0n) is 11.0. The number of nitrogens with one attached hydrogen (secondary N) is 1. The molecule has 1 amide bonds. The number of hydrogen-bond acceptors (Lipinski definition) is 4. The fourth-order valence-corrected chi connectivity index (χ4v) is 2.58. The van der Waals surface area contributed by atoms with E-state index in [0.29, 0.717) is 12.1 Å². The third-order valence-corrected chi connectivity index (χ3v) is 3.88. The van der Waals surface area contributed by atoms with Crippen molar-refractivity contribution in [3.05, 3.63) is 24.3 Å². The molecule has 5 heteroatoms. The van der Waals surface area contributed by atoms with Crippen LogP contribution in [0.3, 0.4) is 0 Å². The maximum atomic E-state index is 12.0. The predicted molar refractivity (Wildman–Crippen MR) is 69.3 cm³/mol. The van der Waals surface area contributed by atoms with Gasteiger partial charge in [-0.1, -0.05) is 12.8 Å². The Balaban J connectivity index is 1.96. The summed E-state index contributed by atoms with van der Waals surface area (Å²) in [7, 11) is 4.17. The summed E-state index contributed by atoms with van der Waals surface area (Å²) in [5.74, 6) is -0.0938. The minimum absolute atomic E-state index is 0.0938. The van der Waals surface area contributed by atoms with Crippen molar-refractivity contribution in [2.45, 2.75) is 31.2 Å². The van der Waals surface area contributed by atoms with Gasteiger partial charge >= 0.3 is 0 Å². The average Bonchev–Trinajstić information content (AvgIpc) is 2.87. The highest BCUT2D eigenvalue weighted by molar-refractivity contribution is 5.93. The first-order valence-electron chi connectivity index (χ1n) is 6.35. The molecule has 1 saturated carbocycles. The van der Waals surface area contributed by atoms with Crippen LogP contribution in [-0.4, -0.2) is 47.0 Å². The number of hydrogen-bond donors (Lipinski definition) is 1. The Morgan fingerprint density at radius 2 is 1.94 bits per heavy atom. The van der Waals surface area contributed by atoms with Crippen molar-refractivity contribution in [2.75, 3.05) is 20.6 Å². The van der Waals surface area contributed by atoms with Crippen LogP contribution < -0.4 is 5.32 Å². The zero-order chi connectivity index (χ0) is 13.0. The maximum Gasteiger partial charge on any atom is 0.254 e. The molecule has 0 atom stereocenters. The fraction of sp³-hybridized carbons (Fsp3) is 0.615. The van der Waals surface area contributed by atoms with Crippen LogP contribution in [0.4, 0.5) is 0 Å². The summed E-state index contributed by atoms with van der Waals surface area (Å²) >= 11 is 0. The Bertz CT molecular complexity index is 399. The van der Waals surface area contributed by atoms with Gasteiger partial charge in [0.1, 0.15) is 6.33 Å². The lowest BCUT2D eigenvalue weighted by molar-refractivity contribution is 0.0899. The molecule has 18 heavy (non-hydrogen) atoms. The average molecular weight is 248 g/mol. The summed E-state index contributed by atoms with van der Waals surface area (Å²) in [4.78, 5) is 21.9. The Hall–Kier alpha value is -1.49. The highest BCUT2D eigenvalue weighted by Crippen LogP contribution is 2.33. The van der Waals surface area contributed by atoms with E-state index in [2.05, 4.69) is 34.3 Å². The van der Waals surface area contributed by atoms with E-state index < -0.39 is 0 Å². The minimum atomic E-state index is -0.0938. The van der Waals surface area contributed by atoms with Crippen LogP contribution in [0.2, 0.25) is 0 Å². The first kappa shape index (κ1) is 13.0. The van der Waals surface area contributed by atoms with E-state index in [1.54, 1.807) is 12.4 Å². The molecule has 1 fully saturated rings. The number of nitrogens with zero attached hydrogens (tertiary/aromatic N) is 3. The van der Waals surface area contributed by atoms with Gasteiger partial charge in [0, 0.05) is 24.5 Å². The van der Waals surface area contributed by atoms with Gasteiger partial charge < -0.3 is 10.2 Å². The summed E-state index contributed by atoms with van der Waals surface area (Å²) in [5, 5.41) is 3.00. The second-order valence-electron chi connectivity index (χ2n) is 5.14. The number of carbonyl (C=O) groups excluding carboxylic acids is 1. The van der Waals surface area contributed by atoms with Crippen molar-refractivity contribution < 1.29 is 4.79 Å². The zero-order valence-corrected chi connectivity index (χ0v) is 11.0. The molecule has 0 aromatic carbocycles. The van der Waals surface area contributed by atoms with Gasteiger partial charge in [0.15, 0.2) is 0 Å². The molecule has 0 unspecified atom stereocenters. The minimum Gasteiger partial charge on any atom is -0.350 e. The summed E-state index contributed by atoms with van der Waals surface area (Å²) in [5.41, 5.74) is 0.634. The van der Waals surface area contributed by atoms with Crippen LogP contribution in [0.25, 0.3) is 0 Å². The van der Waals surface area contributed by atoms with E-state index in [-0.39, 0.29) is 11.4 Å². The molecule has 1 aliphatic rings. The number of aromatic nitrogens is 2. The van der Waals surface area contributed by atoms with Gasteiger partial charge in [0.25, 0.3) is 5.91 Å². The number of likely N-dealkylation sites (N-methyl/N-ethyl adjacent to an activating group) is 1. The monoisotopic (exact) mass is 248 g/mol. The molecule has 1 N–H and O–H groups in total. The molecular weight excluding hydrogens is 228 g/mol. The van der Waals surface area contributed by atoms with Crippen molar-refractivity contribution in [3.8, 4) is 0 Å². The number of amides is 1. The van der Waals surface area contributed by atoms with E-state index in [9.17, 15) is 4.79 Å². The molecular formula is C13H20N4O. The molecule has 1 aromatic heterocycles. The molecule has 98 valence electrons. The van der Waals surface area contributed by atoms with Crippen LogP contribution in [0.15, 0.2) is 18.7 Å². The van der Waals surface area contributed by atoms with E-state index in [4.69, 9.17) is 0 Å². The Kier molecular flexibility index (Phi) is 3.91. The first-order chi connectivity index (χ1) is 8.64. The Morgan fingerprint density at radius 3 is 2.50 bits per heavy atom. The van der Waals surface area contributed by atoms with Gasteiger partial charge in [0.05, 0.1) is 5.56 Å². The van der Waals surface area contributed by atoms with Gasteiger partial charge in [0.2, 0.25) is 0 Å². The lowest BCUT2D eigenvalue weighted by Crippen LogP contribution is -2.50. The SMILES string of the molecule is CN(C)C1(CNC(=O)c2cncnc2)CCCC1. The van der Waals surface area contributed by atoms with Crippen LogP contribution in [0, 0.1) is 0 Å². The molecule has 5 nitrogen and oxygen atoms in total. The third kappa shape index (κ3) is 2.67. The van der Waals surface area contributed by atoms with Crippen molar-refractivity contribution in [1.82, 2.24) is 20.2 Å². The second kappa shape index (κ2) is 5.44. The van der Waals surface area contributed by atoms with Gasteiger partial charge in [-0.15, -0.1) is 0 Å². The highest BCUT2D eigenvalue weighted by Gasteiger charge is 2.36. The molecule has 0 aliphatic heterocycles. The third-order valence-electron chi connectivity index (χ3n) is 3.88. The van der Waals surface area contributed by atoms with E-state index >= 15 is 0 Å². The Morgan fingerprint density at radius 1 is 1.33 bits per heavy atom. The largest absolute Gasteiger partial charge is 0.350 e. The molecule has 0 bridgehead atoms. The highest BCUT2D eigenvalue weighted by atomic mass is 16.1. The molecule has 0 spiro atoms. The smallest absolute Gasteiger partial charge is 0.254 e. The van der Waals surface area contributed by atoms with E-state index in [1.807, 2.05) is 0 Å². The van der Waals surface area contributed by atoms with Crippen molar-refractivity contribution >= 4 is 5.91 Å². The number of rotatable bonds is 4. The maximum absolute atomic E-state index is 12.0. The molecule has 1 aromatic rings. The van der Waals surface area contributed by atoms with Crippen molar-refractivity contribution in [2.24, 2.45) is 0 Å². The predicted octanol–water partition coefficient (Wildman–Crippen LogP) is 1.08. The van der Waals surface area contributed by atoms with E-state index in [1.165, 1.54) is 19.2 Å². The second-order valence-corrected chi connectivity index (χ2v) is 5.14. The Labute approximate surface area is 108 Å². The lowest BCUT2D eigenvalue weighted by Gasteiger charge is -2.36. The van der Waals surface area contributed by atoms with E-state index in [0.717, 1.165) is 12.8 Å². The summed E-state index contributed by atoms with van der Waals surface area (Å²) < 4.78 is 0. The van der Waals surface area contributed by atoms with Crippen LogP contribution >= 0.6 is 0 Å². The van der Waals surface area contributed by atoms with Gasteiger partial charge in [-0.2, -0.15) is 0 Å². The summed E-state index contributed by atoms with van der Waals surface area (Å²) in [6.45, 7) is 0.688. The quantitative estimate of drug-likeness (QED) is 0.866. The molecule has 2 rings (SSSR count). The van der Waals surface area contributed by atoms with Crippen LogP contribution in [-0.2, 0) is 0 Å². The van der Waals surface area contributed by atoms with Gasteiger partial charge in [-0.25, -0.2) is 9.97 Å². The normalized spacial score (nSPS) is 17.9. The fourth-order valence-electron chi connectivity index (χ4n) is 2.58. The molecule has 1 heterocycles. The molecule has 0 saturated heterocycles. The van der Waals surface area contributed by atoms with Crippen molar-refractivity contribution in [3.63, 3.8) is 0 Å². The lowest BCUT2D eigenvalue weighted by atomic mass is 9.96. The summed E-state index contributed by atoms with van der Waals surface area (Å²) in [6.07, 6.45) is 9.27. The molecule has 1 aliphatic carbocycles. The van der Waals surface area contributed by atoms with Crippen LogP contribution in [0.1, 0.15) is 36.0 Å². The standard InChI is InChI=1S/C13H20N4O/c1-17(2)13(5-3-4-6-13)9-16-12(18)11-7-14-10-15-8-11/h7-8,10H,3-6,9H2,1-2H3,(H,16,18). The van der Waals surface area contributed by atoms with Gasteiger partial charge in [-0.3, -0.25) is 4.79 Å². The number of carbonyl (C=O) groups is 1. The van der Waals surface area contributed by atoms with Crippen LogP contribution in [0.5, 0.6) is 0 Å². The summed E-state index contributed by atoms with van der Waals surface area (Å²) in [6, 6.07) is 0.